The molecule has 1 heterocycles. The highest BCUT2D eigenvalue weighted by molar-refractivity contribution is 5.73. The summed E-state index contributed by atoms with van der Waals surface area (Å²) in [6.45, 7) is 5.98. The standard InChI is InChI=1S/C15H19N3O/c1-13(19)18-9-7-17(8-10-18)12-15-4-2-3-14(11-15)5-6-16/h2-4,11H,5,7-10,12H2,1H3. The van der Waals surface area contributed by atoms with Crippen molar-refractivity contribution in [2.45, 2.75) is 19.9 Å². The molecule has 0 radical (unpaired) electrons. The number of amides is 1. The van der Waals surface area contributed by atoms with Gasteiger partial charge in [-0.15, -0.1) is 0 Å². The molecule has 0 bridgehead atoms. The maximum Gasteiger partial charge on any atom is 0.219 e. The Bertz CT molecular complexity index is 484. The summed E-state index contributed by atoms with van der Waals surface area (Å²) in [4.78, 5) is 15.5. The first-order valence-corrected chi connectivity index (χ1v) is 6.61. The van der Waals surface area contributed by atoms with Crippen LogP contribution in [0.25, 0.3) is 0 Å². The van der Waals surface area contributed by atoms with E-state index in [1.54, 1.807) is 6.92 Å². The highest BCUT2D eigenvalue weighted by atomic mass is 16.2. The summed E-state index contributed by atoms with van der Waals surface area (Å²) in [6.07, 6.45) is 0.464. The van der Waals surface area contributed by atoms with E-state index in [1.807, 2.05) is 17.0 Å². The van der Waals surface area contributed by atoms with Crippen molar-refractivity contribution in [2.24, 2.45) is 0 Å². The predicted molar refractivity (Wildman–Crippen MR) is 73.3 cm³/mol. The van der Waals surface area contributed by atoms with Gasteiger partial charge in [0.05, 0.1) is 12.5 Å². The lowest BCUT2D eigenvalue weighted by atomic mass is 10.1. The first-order valence-electron chi connectivity index (χ1n) is 6.61. The Kier molecular flexibility index (Phi) is 4.53. The van der Waals surface area contributed by atoms with Gasteiger partial charge in [-0.2, -0.15) is 5.26 Å². The zero-order valence-electron chi connectivity index (χ0n) is 11.3. The molecule has 1 saturated heterocycles. The number of benzene rings is 1. The van der Waals surface area contributed by atoms with Crippen molar-refractivity contribution in [1.82, 2.24) is 9.80 Å². The van der Waals surface area contributed by atoms with Gasteiger partial charge in [0.25, 0.3) is 0 Å². The molecule has 1 aromatic rings. The molecule has 0 spiro atoms. The topological polar surface area (TPSA) is 47.3 Å². The number of piperazine rings is 1. The van der Waals surface area contributed by atoms with Crippen molar-refractivity contribution in [3.63, 3.8) is 0 Å². The second kappa shape index (κ2) is 6.35. The van der Waals surface area contributed by atoms with Gasteiger partial charge in [0, 0.05) is 39.6 Å². The highest BCUT2D eigenvalue weighted by Crippen LogP contribution is 2.11. The number of carbonyl (C=O) groups excluding carboxylic acids is 1. The molecule has 0 unspecified atom stereocenters. The van der Waals surface area contributed by atoms with Gasteiger partial charge in [-0.05, 0) is 11.1 Å². The summed E-state index contributed by atoms with van der Waals surface area (Å²) < 4.78 is 0. The van der Waals surface area contributed by atoms with E-state index in [2.05, 4.69) is 23.1 Å². The molecule has 2 rings (SSSR count). The molecule has 1 amide bonds. The average molecular weight is 257 g/mol. The van der Waals surface area contributed by atoms with E-state index in [1.165, 1.54) is 5.56 Å². The zero-order chi connectivity index (χ0) is 13.7. The Morgan fingerprint density at radius 3 is 2.58 bits per heavy atom. The fraction of sp³-hybridized carbons (Fsp3) is 0.467. The monoisotopic (exact) mass is 257 g/mol. The number of rotatable bonds is 3. The molecule has 0 N–H and O–H groups in total. The van der Waals surface area contributed by atoms with Crippen LogP contribution in [0.1, 0.15) is 18.1 Å². The summed E-state index contributed by atoms with van der Waals surface area (Å²) in [6, 6.07) is 10.4. The number of hydrogen-bond acceptors (Lipinski definition) is 3. The molecular weight excluding hydrogens is 238 g/mol. The Morgan fingerprint density at radius 2 is 1.95 bits per heavy atom. The first-order chi connectivity index (χ1) is 9.19. The average Bonchev–Trinajstić information content (AvgIpc) is 2.40. The Labute approximate surface area is 114 Å². The predicted octanol–water partition coefficient (Wildman–Crippen LogP) is 1.42. The zero-order valence-corrected chi connectivity index (χ0v) is 11.3. The fourth-order valence-electron chi connectivity index (χ4n) is 2.41. The lowest BCUT2D eigenvalue weighted by molar-refractivity contribution is -0.130. The second-order valence-electron chi connectivity index (χ2n) is 4.94. The maximum absolute atomic E-state index is 11.3. The van der Waals surface area contributed by atoms with Crippen LogP contribution >= 0.6 is 0 Å². The number of nitrogens with zero attached hydrogens (tertiary/aromatic N) is 3. The first kappa shape index (κ1) is 13.6. The normalized spacial score (nSPS) is 16.1. The molecule has 4 nitrogen and oxygen atoms in total. The van der Waals surface area contributed by atoms with Crippen molar-refractivity contribution in [3.05, 3.63) is 35.4 Å². The van der Waals surface area contributed by atoms with Crippen molar-refractivity contribution in [3.8, 4) is 6.07 Å². The third-order valence-electron chi connectivity index (χ3n) is 3.50. The van der Waals surface area contributed by atoms with Gasteiger partial charge in [0.1, 0.15) is 0 Å². The second-order valence-corrected chi connectivity index (χ2v) is 4.94. The Hall–Kier alpha value is -1.86. The maximum atomic E-state index is 11.3. The smallest absolute Gasteiger partial charge is 0.219 e. The summed E-state index contributed by atoms with van der Waals surface area (Å²) in [5, 5.41) is 8.72. The third kappa shape index (κ3) is 3.80. The van der Waals surface area contributed by atoms with Crippen LogP contribution in [0.3, 0.4) is 0 Å². The number of carbonyl (C=O) groups is 1. The van der Waals surface area contributed by atoms with Gasteiger partial charge in [0.2, 0.25) is 5.91 Å². The SMILES string of the molecule is CC(=O)N1CCN(Cc2cccc(CC#N)c2)CC1. The highest BCUT2D eigenvalue weighted by Gasteiger charge is 2.18. The van der Waals surface area contributed by atoms with Gasteiger partial charge < -0.3 is 4.90 Å². The lowest BCUT2D eigenvalue weighted by Gasteiger charge is -2.34. The molecule has 19 heavy (non-hydrogen) atoms. The van der Waals surface area contributed by atoms with Gasteiger partial charge in [-0.1, -0.05) is 24.3 Å². The Balaban J connectivity index is 1.90. The summed E-state index contributed by atoms with van der Waals surface area (Å²) in [5.74, 6) is 0.163. The molecular formula is C15H19N3O. The van der Waals surface area contributed by atoms with Crippen molar-refractivity contribution >= 4 is 5.91 Å². The molecule has 1 fully saturated rings. The quantitative estimate of drug-likeness (QED) is 0.822. The van der Waals surface area contributed by atoms with E-state index in [9.17, 15) is 4.79 Å². The van der Waals surface area contributed by atoms with Crippen molar-refractivity contribution < 1.29 is 4.79 Å². The molecule has 0 atom stereocenters. The van der Waals surface area contributed by atoms with E-state index in [-0.39, 0.29) is 5.91 Å². The molecule has 4 heteroatoms. The van der Waals surface area contributed by atoms with E-state index >= 15 is 0 Å². The number of nitriles is 1. The third-order valence-corrected chi connectivity index (χ3v) is 3.50. The molecule has 0 saturated carbocycles. The minimum absolute atomic E-state index is 0.163. The van der Waals surface area contributed by atoms with Crippen molar-refractivity contribution in [1.29, 1.82) is 5.26 Å². The van der Waals surface area contributed by atoms with Gasteiger partial charge >= 0.3 is 0 Å². The summed E-state index contributed by atoms with van der Waals surface area (Å²) in [7, 11) is 0. The van der Waals surface area contributed by atoms with Crippen LogP contribution in [0.2, 0.25) is 0 Å². The number of hydrogen-bond donors (Lipinski definition) is 0. The van der Waals surface area contributed by atoms with E-state index in [0.29, 0.717) is 6.42 Å². The van der Waals surface area contributed by atoms with E-state index < -0.39 is 0 Å². The van der Waals surface area contributed by atoms with Crippen LogP contribution in [0.4, 0.5) is 0 Å². The molecule has 1 aliphatic heterocycles. The van der Waals surface area contributed by atoms with Crippen molar-refractivity contribution in [2.75, 3.05) is 26.2 Å². The summed E-state index contributed by atoms with van der Waals surface area (Å²) in [5.41, 5.74) is 2.31. The lowest BCUT2D eigenvalue weighted by Crippen LogP contribution is -2.47. The molecule has 0 aliphatic carbocycles. The van der Waals surface area contributed by atoms with Crippen LogP contribution in [0.5, 0.6) is 0 Å². The summed E-state index contributed by atoms with van der Waals surface area (Å²) >= 11 is 0. The van der Waals surface area contributed by atoms with Gasteiger partial charge in [-0.25, -0.2) is 0 Å². The molecule has 0 aromatic heterocycles. The minimum Gasteiger partial charge on any atom is -0.340 e. The van der Waals surface area contributed by atoms with Crippen LogP contribution in [0, 0.1) is 11.3 Å². The van der Waals surface area contributed by atoms with Crippen LogP contribution < -0.4 is 0 Å². The van der Waals surface area contributed by atoms with E-state index in [0.717, 1.165) is 38.3 Å². The van der Waals surface area contributed by atoms with Crippen LogP contribution in [0.15, 0.2) is 24.3 Å². The van der Waals surface area contributed by atoms with Crippen LogP contribution in [-0.2, 0) is 17.8 Å². The minimum atomic E-state index is 0.163. The van der Waals surface area contributed by atoms with Gasteiger partial charge in [0.15, 0.2) is 0 Å². The Morgan fingerprint density at radius 1 is 1.26 bits per heavy atom. The molecule has 1 aliphatic rings. The fourth-order valence-corrected chi connectivity index (χ4v) is 2.41. The molecule has 100 valence electrons. The molecule has 1 aromatic carbocycles. The van der Waals surface area contributed by atoms with Gasteiger partial charge in [-0.3, -0.25) is 9.69 Å². The largest absolute Gasteiger partial charge is 0.340 e. The van der Waals surface area contributed by atoms with E-state index in [4.69, 9.17) is 5.26 Å². The van der Waals surface area contributed by atoms with Crippen LogP contribution in [-0.4, -0.2) is 41.9 Å².